The molecule has 0 bridgehead atoms. The summed E-state index contributed by atoms with van der Waals surface area (Å²) in [6, 6.07) is 12.6. The Hall–Kier alpha value is -4.88. The molecule has 3 aromatic heterocycles. The first-order valence-electron chi connectivity index (χ1n) is 12.1. The molecule has 1 atom stereocenters. The maximum absolute atomic E-state index is 12.7. The van der Waals surface area contributed by atoms with E-state index in [1.54, 1.807) is 24.4 Å². The highest BCUT2D eigenvalue weighted by Crippen LogP contribution is 2.35. The van der Waals surface area contributed by atoms with Crippen LogP contribution in [0.1, 0.15) is 47.1 Å². The van der Waals surface area contributed by atoms with E-state index in [4.69, 9.17) is 20.8 Å². The number of nitrogen functional groups attached to an aromatic ring is 1. The number of imidazole rings is 1. The van der Waals surface area contributed by atoms with Gasteiger partial charge in [-0.15, -0.1) is 0 Å². The normalized spacial score (nSPS) is 15.1. The van der Waals surface area contributed by atoms with Crippen molar-refractivity contribution in [3.8, 4) is 17.3 Å². The number of aldehydes is 1. The number of carbonyl (C=O) groups is 2. The summed E-state index contributed by atoms with van der Waals surface area (Å²) < 4.78 is 2.04. The van der Waals surface area contributed by atoms with Crippen molar-refractivity contribution in [1.29, 1.82) is 5.26 Å². The predicted octanol–water partition coefficient (Wildman–Crippen LogP) is 4.03. The smallest absolute Gasteiger partial charge is 0.256 e. The van der Waals surface area contributed by atoms with Crippen LogP contribution in [0.4, 0.5) is 11.6 Å². The average molecular weight is 509 g/mol. The number of rotatable bonds is 5. The number of nitrogens with zero attached hydrogens (tertiary/aromatic N) is 6. The molecule has 1 aliphatic rings. The molecule has 10 nitrogen and oxygen atoms in total. The number of pyridine rings is 1. The van der Waals surface area contributed by atoms with Gasteiger partial charge in [0.25, 0.3) is 5.91 Å². The fourth-order valence-corrected chi connectivity index (χ4v) is 4.46. The second-order valence-electron chi connectivity index (χ2n) is 8.79. The van der Waals surface area contributed by atoms with E-state index in [9.17, 15) is 4.79 Å². The molecule has 3 N–H and O–H groups in total. The number of amides is 1. The number of allylic oxidation sites excluding steroid dienone is 1. The first kappa shape index (κ1) is 26.2. The molecule has 192 valence electrons. The molecular weight excluding hydrogens is 480 g/mol. The number of piperidine rings is 1. The van der Waals surface area contributed by atoms with Gasteiger partial charge in [-0.25, -0.2) is 15.0 Å². The molecule has 1 saturated heterocycles. The molecule has 5 rings (SSSR count). The van der Waals surface area contributed by atoms with E-state index < -0.39 is 0 Å². The first-order chi connectivity index (χ1) is 18.5. The number of fused-ring (bicyclic) bond motifs is 1. The second-order valence-corrected chi connectivity index (χ2v) is 8.79. The molecule has 38 heavy (non-hydrogen) atoms. The summed E-state index contributed by atoms with van der Waals surface area (Å²) >= 11 is 0. The Kier molecular flexibility index (Phi) is 8.20. The predicted molar refractivity (Wildman–Crippen MR) is 145 cm³/mol. The van der Waals surface area contributed by atoms with Crippen LogP contribution in [0.3, 0.4) is 0 Å². The van der Waals surface area contributed by atoms with E-state index in [1.165, 1.54) is 24.8 Å². The molecule has 1 aliphatic heterocycles. The van der Waals surface area contributed by atoms with Gasteiger partial charge >= 0.3 is 0 Å². The zero-order chi connectivity index (χ0) is 27.1. The summed E-state index contributed by atoms with van der Waals surface area (Å²) in [6.07, 6.45) is 10.3. The van der Waals surface area contributed by atoms with Gasteiger partial charge in [-0.3, -0.25) is 18.9 Å². The number of likely N-dealkylation sites (tertiary alicyclic amines) is 1. The molecule has 0 radical (unpaired) electrons. The van der Waals surface area contributed by atoms with Gasteiger partial charge in [0.1, 0.15) is 35.0 Å². The Morgan fingerprint density at radius 1 is 1.21 bits per heavy atom. The van der Waals surface area contributed by atoms with Gasteiger partial charge in [0.2, 0.25) is 0 Å². The molecule has 10 heteroatoms. The molecular formula is C28H28N8O2. The first-order valence-corrected chi connectivity index (χ1v) is 12.1. The molecule has 1 amide bonds. The van der Waals surface area contributed by atoms with Crippen LogP contribution in [0, 0.1) is 11.3 Å². The number of benzene rings is 1. The summed E-state index contributed by atoms with van der Waals surface area (Å²) in [4.78, 5) is 37.5. The van der Waals surface area contributed by atoms with E-state index in [-0.39, 0.29) is 11.9 Å². The molecule has 4 aromatic rings. The van der Waals surface area contributed by atoms with Crippen LogP contribution >= 0.6 is 0 Å². The minimum absolute atomic E-state index is 0.207. The van der Waals surface area contributed by atoms with E-state index in [0.29, 0.717) is 29.0 Å². The number of hydrogen-bond donors (Lipinski definition) is 2. The lowest BCUT2D eigenvalue weighted by Crippen LogP contribution is -2.30. The van der Waals surface area contributed by atoms with Gasteiger partial charge in [0.05, 0.1) is 17.7 Å². The van der Waals surface area contributed by atoms with E-state index in [1.807, 2.05) is 28.8 Å². The lowest BCUT2D eigenvalue weighted by molar-refractivity contribution is -0.104. The summed E-state index contributed by atoms with van der Waals surface area (Å²) in [5.74, 6) is 1.38. The van der Waals surface area contributed by atoms with Crippen molar-refractivity contribution in [1.82, 2.24) is 24.3 Å². The zero-order valence-electron chi connectivity index (χ0n) is 21.0. The number of nitrogens with two attached hydrogens (primary N) is 1. The minimum atomic E-state index is -0.311. The quantitative estimate of drug-likeness (QED) is 0.304. The minimum Gasteiger partial charge on any atom is -0.382 e. The fraction of sp³-hybridized carbons (Fsp3) is 0.214. The SMILES string of the molecule is C=CC=O.CN1CCCCC1c1nc(-c2ccc(C(=O)Nc3cc(C#N)ccn3)cc2)c2c(N)nccn12. The van der Waals surface area contributed by atoms with E-state index >= 15 is 0 Å². The van der Waals surface area contributed by atoms with Crippen molar-refractivity contribution >= 4 is 29.3 Å². The highest BCUT2D eigenvalue weighted by atomic mass is 16.1. The Morgan fingerprint density at radius 2 is 1.97 bits per heavy atom. The number of anilines is 2. The largest absolute Gasteiger partial charge is 0.382 e. The van der Waals surface area contributed by atoms with Gasteiger partial charge in [-0.1, -0.05) is 25.1 Å². The maximum Gasteiger partial charge on any atom is 0.256 e. The van der Waals surface area contributed by atoms with E-state index in [2.05, 4.69) is 33.8 Å². The molecule has 0 aliphatic carbocycles. The van der Waals surface area contributed by atoms with Crippen LogP contribution < -0.4 is 11.1 Å². The third-order valence-corrected chi connectivity index (χ3v) is 6.33. The van der Waals surface area contributed by atoms with Crippen LogP contribution in [-0.2, 0) is 4.79 Å². The van der Waals surface area contributed by atoms with Crippen LogP contribution in [0.25, 0.3) is 16.8 Å². The van der Waals surface area contributed by atoms with Crippen LogP contribution in [-0.4, -0.2) is 50.0 Å². The third kappa shape index (κ3) is 5.58. The lowest BCUT2D eigenvalue weighted by atomic mass is 10.0. The topological polar surface area (TPSA) is 142 Å². The van der Waals surface area contributed by atoms with Gasteiger partial charge in [0.15, 0.2) is 0 Å². The molecule has 4 heterocycles. The molecule has 0 spiro atoms. The summed E-state index contributed by atoms with van der Waals surface area (Å²) in [7, 11) is 2.13. The highest BCUT2D eigenvalue weighted by Gasteiger charge is 2.27. The third-order valence-electron chi connectivity index (χ3n) is 6.33. The summed E-state index contributed by atoms with van der Waals surface area (Å²) in [6.45, 7) is 4.14. The number of nitrogens with one attached hydrogen (secondary N) is 1. The Balaban J connectivity index is 0.000000786. The fourth-order valence-electron chi connectivity index (χ4n) is 4.46. The van der Waals surface area contributed by atoms with E-state index in [0.717, 1.165) is 42.0 Å². The van der Waals surface area contributed by atoms with Crippen molar-refractivity contribution in [3.63, 3.8) is 0 Å². The standard InChI is InChI=1S/C25H24N8O.C3H4O/c1-32-12-3-2-4-19(32)24-31-21(22-23(27)29-11-13-33(22)24)17-5-7-18(8-6-17)25(34)30-20-14-16(15-26)9-10-28-20;1-2-3-4/h5-11,13-14,19H,2-4,12H2,1H3,(H2,27,29)(H,28,30,34);2-3H,1H2. The van der Waals surface area contributed by atoms with Gasteiger partial charge in [-0.2, -0.15) is 5.26 Å². The second kappa shape index (κ2) is 11.9. The van der Waals surface area contributed by atoms with Crippen LogP contribution in [0.15, 0.2) is 67.6 Å². The van der Waals surface area contributed by atoms with Crippen molar-refractivity contribution in [2.45, 2.75) is 25.3 Å². The van der Waals surface area contributed by atoms with Gasteiger partial charge in [-0.05, 0) is 56.8 Å². The number of nitriles is 1. The number of hydrogen-bond acceptors (Lipinski definition) is 8. The molecule has 1 unspecified atom stereocenters. The Morgan fingerprint density at radius 3 is 2.66 bits per heavy atom. The van der Waals surface area contributed by atoms with Crippen LogP contribution in [0.5, 0.6) is 0 Å². The summed E-state index contributed by atoms with van der Waals surface area (Å²) in [5, 5.41) is 11.8. The lowest BCUT2D eigenvalue weighted by Gasteiger charge is -2.31. The average Bonchev–Trinajstić information content (AvgIpc) is 3.34. The Bertz CT molecular complexity index is 1500. The van der Waals surface area contributed by atoms with Gasteiger partial charge in [0, 0.05) is 29.7 Å². The van der Waals surface area contributed by atoms with Crippen molar-refractivity contribution in [2.24, 2.45) is 0 Å². The maximum atomic E-state index is 12.7. The van der Waals surface area contributed by atoms with Crippen molar-refractivity contribution < 1.29 is 9.59 Å². The van der Waals surface area contributed by atoms with Crippen molar-refractivity contribution in [3.05, 3.63) is 84.6 Å². The monoisotopic (exact) mass is 508 g/mol. The number of carbonyl (C=O) groups excluding carboxylic acids is 2. The Labute approximate surface area is 220 Å². The number of aromatic nitrogens is 4. The zero-order valence-corrected chi connectivity index (χ0v) is 21.0. The van der Waals surface area contributed by atoms with Crippen molar-refractivity contribution in [2.75, 3.05) is 24.6 Å². The van der Waals surface area contributed by atoms with Gasteiger partial charge < -0.3 is 11.1 Å². The molecule has 0 saturated carbocycles. The summed E-state index contributed by atoms with van der Waals surface area (Å²) in [5.41, 5.74) is 9.54. The van der Waals surface area contributed by atoms with Crippen LogP contribution in [0.2, 0.25) is 0 Å². The highest BCUT2D eigenvalue weighted by molar-refractivity contribution is 6.04. The molecule has 1 aromatic carbocycles. The molecule has 1 fully saturated rings.